The normalized spacial score (nSPS) is 14.4. The number of hydrogen-bond acceptors (Lipinski definition) is 5. The summed E-state index contributed by atoms with van der Waals surface area (Å²) in [6, 6.07) is 0. The highest BCUT2D eigenvalue weighted by molar-refractivity contribution is 7.99. The second-order valence-corrected chi connectivity index (χ2v) is 7.39. The van der Waals surface area contributed by atoms with Gasteiger partial charge in [0.05, 0.1) is 0 Å². The summed E-state index contributed by atoms with van der Waals surface area (Å²) < 4.78 is 0. The Balaban J connectivity index is 1.83. The maximum atomic E-state index is 11.0. The summed E-state index contributed by atoms with van der Waals surface area (Å²) in [5, 5.41) is 2.40. The first kappa shape index (κ1) is 14.0. The molecule has 0 saturated heterocycles. The zero-order valence-corrected chi connectivity index (χ0v) is 13.3. The van der Waals surface area contributed by atoms with Crippen LogP contribution < -0.4 is 0 Å². The van der Waals surface area contributed by atoms with E-state index in [1.807, 2.05) is 11.3 Å². The zero-order valence-electron chi connectivity index (χ0n) is 11.6. The topological polar surface area (TPSA) is 42.9 Å². The lowest BCUT2D eigenvalue weighted by molar-refractivity contribution is -0.117. The Kier molecular flexibility index (Phi) is 4.36. The minimum atomic E-state index is 0.270. The molecule has 20 heavy (non-hydrogen) atoms. The van der Waals surface area contributed by atoms with Gasteiger partial charge in [-0.15, -0.1) is 23.1 Å². The number of fused-ring (bicyclic) bond motifs is 3. The van der Waals surface area contributed by atoms with Crippen molar-refractivity contribution >= 4 is 39.1 Å². The van der Waals surface area contributed by atoms with Gasteiger partial charge in [-0.1, -0.05) is 0 Å². The Hall–Kier alpha value is -0.940. The number of thiophene rings is 1. The number of carbonyl (C=O) groups is 1. The van der Waals surface area contributed by atoms with E-state index in [0.717, 1.165) is 22.0 Å². The lowest BCUT2D eigenvalue weighted by Gasteiger charge is -2.11. The van der Waals surface area contributed by atoms with Crippen molar-refractivity contribution in [3.05, 3.63) is 16.8 Å². The first-order valence-electron chi connectivity index (χ1n) is 7.13. The molecule has 0 amide bonds. The number of ketones is 1. The van der Waals surface area contributed by atoms with Crippen molar-refractivity contribution in [3.63, 3.8) is 0 Å². The fraction of sp³-hybridized carbons (Fsp3) is 0.533. The van der Waals surface area contributed by atoms with Crippen LogP contribution in [-0.2, 0) is 17.6 Å². The summed E-state index contributed by atoms with van der Waals surface area (Å²) >= 11 is 3.61. The third-order valence-corrected chi connectivity index (χ3v) is 5.90. The molecule has 0 saturated carbocycles. The molecule has 0 aliphatic heterocycles. The second kappa shape index (κ2) is 6.22. The van der Waals surface area contributed by atoms with Crippen molar-refractivity contribution in [1.29, 1.82) is 0 Å². The van der Waals surface area contributed by atoms with E-state index in [1.54, 1.807) is 25.0 Å². The van der Waals surface area contributed by atoms with Crippen LogP contribution in [0.4, 0.5) is 0 Å². The average Bonchev–Trinajstić information content (AvgIpc) is 2.82. The van der Waals surface area contributed by atoms with Crippen LogP contribution in [-0.4, -0.2) is 21.5 Å². The molecule has 0 bridgehead atoms. The standard InChI is InChI=1S/C15H18N2OS2/c1-10(18)5-4-8-19-14-13-11-6-2-3-7-12(11)20-15(13)17-9-16-14/h9H,2-8H2,1H3. The molecule has 0 unspecified atom stereocenters. The zero-order chi connectivity index (χ0) is 13.9. The molecule has 0 aromatic carbocycles. The number of aryl methyl sites for hydroxylation is 2. The molecule has 3 rings (SSSR count). The number of nitrogens with zero attached hydrogens (tertiary/aromatic N) is 2. The molecule has 2 aromatic heterocycles. The van der Waals surface area contributed by atoms with Crippen LogP contribution in [0, 0.1) is 0 Å². The van der Waals surface area contributed by atoms with Crippen molar-refractivity contribution in [2.75, 3.05) is 5.75 Å². The van der Waals surface area contributed by atoms with Crippen LogP contribution in [0.5, 0.6) is 0 Å². The van der Waals surface area contributed by atoms with Crippen LogP contribution in [0.25, 0.3) is 10.2 Å². The van der Waals surface area contributed by atoms with E-state index in [-0.39, 0.29) is 5.78 Å². The molecule has 106 valence electrons. The van der Waals surface area contributed by atoms with Gasteiger partial charge in [-0.25, -0.2) is 9.97 Å². The van der Waals surface area contributed by atoms with E-state index in [2.05, 4.69) is 9.97 Å². The van der Waals surface area contributed by atoms with Gasteiger partial charge in [0.1, 0.15) is 22.0 Å². The quantitative estimate of drug-likeness (QED) is 0.475. The van der Waals surface area contributed by atoms with Gasteiger partial charge >= 0.3 is 0 Å². The first-order valence-corrected chi connectivity index (χ1v) is 8.93. The van der Waals surface area contributed by atoms with Gasteiger partial charge in [-0.05, 0) is 50.3 Å². The second-order valence-electron chi connectivity index (χ2n) is 5.22. The highest BCUT2D eigenvalue weighted by Crippen LogP contribution is 2.39. The third-order valence-electron chi connectivity index (χ3n) is 3.63. The van der Waals surface area contributed by atoms with Gasteiger partial charge in [0.2, 0.25) is 0 Å². The van der Waals surface area contributed by atoms with E-state index >= 15 is 0 Å². The molecule has 2 aromatic rings. The van der Waals surface area contributed by atoms with Crippen molar-refractivity contribution in [3.8, 4) is 0 Å². The monoisotopic (exact) mass is 306 g/mol. The Morgan fingerprint density at radius 3 is 3.05 bits per heavy atom. The summed E-state index contributed by atoms with van der Waals surface area (Å²) in [5.41, 5.74) is 1.49. The van der Waals surface area contributed by atoms with Gasteiger partial charge in [0, 0.05) is 16.7 Å². The maximum Gasteiger partial charge on any atom is 0.129 e. The molecular formula is C15H18N2OS2. The van der Waals surface area contributed by atoms with Crippen LogP contribution in [0.1, 0.15) is 43.0 Å². The molecule has 0 radical (unpaired) electrons. The number of thioether (sulfide) groups is 1. The molecule has 2 heterocycles. The van der Waals surface area contributed by atoms with E-state index in [1.165, 1.54) is 41.5 Å². The Morgan fingerprint density at radius 2 is 2.20 bits per heavy atom. The molecule has 0 spiro atoms. The lowest BCUT2D eigenvalue weighted by Crippen LogP contribution is -1.99. The van der Waals surface area contributed by atoms with Gasteiger partial charge in [-0.3, -0.25) is 0 Å². The summed E-state index contributed by atoms with van der Waals surface area (Å²) in [6.45, 7) is 1.66. The van der Waals surface area contributed by atoms with Crippen LogP contribution in [0.3, 0.4) is 0 Å². The number of carbonyl (C=O) groups excluding carboxylic acids is 1. The van der Waals surface area contributed by atoms with E-state index in [0.29, 0.717) is 6.42 Å². The molecule has 0 fully saturated rings. The lowest BCUT2D eigenvalue weighted by atomic mass is 9.97. The number of Topliss-reactive ketones (excluding diaryl/α,β-unsaturated/α-hetero) is 1. The molecular weight excluding hydrogens is 288 g/mol. The maximum absolute atomic E-state index is 11.0. The van der Waals surface area contributed by atoms with Crippen LogP contribution in [0.15, 0.2) is 11.4 Å². The van der Waals surface area contributed by atoms with Gasteiger partial charge in [0.15, 0.2) is 0 Å². The van der Waals surface area contributed by atoms with Crippen molar-refractivity contribution in [1.82, 2.24) is 9.97 Å². The highest BCUT2D eigenvalue weighted by Gasteiger charge is 2.19. The number of aromatic nitrogens is 2. The fourth-order valence-electron chi connectivity index (χ4n) is 2.66. The predicted molar refractivity (Wildman–Crippen MR) is 84.7 cm³/mol. The third kappa shape index (κ3) is 2.88. The van der Waals surface area contributed by atoms with E-state index in [9.17, 15) is 4.79 Å². The SMILES string of the molecule is CC(=O)CCCSc1ncnc2sc3c(c12)CCCC3. The molecule has 3 nitrogen and oxygen atoms in total. The van der Waals surface area contributed by atoms with Gasteiger partial charge in [0.25, 0.3) is 0 Å². The summed E-state index contributed by atoms with van der Waals surface area (Å²) in [4.78, 5) is 22.6. The average molecular weight is 306 g/mol. The molecule has 0 atom stereocenters. The largest absolute Gasteiger partial charge is 0.300 e. The Bertz CT molecular complexity index is 636. The van der Waals surface area contributed by atoms with Crippen molar-refractivity contribution < 1.29 is 4.79 Å². The fourth-order valence-corrected chi connectivity index (χ4v) is 4.92. The molecule has 1 aliphatic carbocycles. The van der Waals surface area contributed by atoms with Crippen LogP contribution >= 0.6 is 23.1 Å². The predicted octanol–water partition coefficient (Wildman–Crippen LogP) is 4.03. The molecule has 0 N–H and O–H groups in total. The van der Waals surface area contributed by atoms with Gasteiger partial charge in [-0.2, -0.15) is 0 Å². The summed E-state index contributed by atoms with van der Waals surface area (Å²) in [6.07, 6.45) is 8.23. The van der Waals surface area contributed by atoms with E-state index < -0.39 is 0 Å². The number of rotatable bonds is 5. The van der Waals surface area contributed by atoms with Crippen LogP contribution in [0.2, 0.25) is 0 Å². The van der Waals surface area contributed by atoms with Gasteiger partial charge < -0.3 is 4.79 Å². The molecule has 1 aliphatic rings. The first-order chi connectivity index (χ1) is 9.75. The smallest absolute Gasteiger partial charge is 0.129 e. The summed E-state index contributed by atoms with van der Waals surface area (Å²) in [7, 11) is 0. The van der Waals surface area contributed by atoms with Crippen molar-refractivity contribution in [2.45, 2.75) is 50.5 Å². The Labute approximate surface area is 127 Å². The van der Waals surface area contributed by atoms with E-state index in [4.69, 9.17) is 0 Å². The minimum Gasteiger partial charge on any atom is -0.300 e. The van der Waals surface area contributed by atoms with Crippen molar-refractivity contribution in [2.24, 2.45) is 0 Å². The number of hydrogen-bond donors (Lipinski definition) is 0. The minimum absolute atomic E-state index is 0.270. The summed E-state index contributed by atoms with van der Waals surface area (Å²) in [5.74, 6) is 1.22. The Morgan fingerprint density at radius 1 is 1.35 bits per heavy atom. The molecule has 5 heteroatoms. The highest BCUT2D eigenvalue weighted by atomic mass is 32.2.